The van der Waals surface area contributed by atoms with E-state index in [0.717, 1.165) is 21.8 Å². The van der Waals surface area contributed by atoms with Crippen LogP contribution in [0.1, 0.15) is 23.0 Å². The molecule has 2 heterocycles. The minimum atomic E-state index is 0.302. The minimum Gasteiger partial charge on any atom is -0.308 e. The zero-order valence-corrected chi connectivity index (χ0v) is 12.0. The first-order valence-corrected chi connectivity index (χ1v) is 7.47. The molecule has 0 aliphatic heterocycles. The van der Waals surface area contributed by atoms with Gasteiger partial charge in [0.25, 0.3) is 0 Å². The zero-order valence-electron chi connectivity index (χ0n) is 8.81. The first-order chi connectivity index (χ1) is 7.75. The Labute approximate surface area is 111 Å². The van der Waals surface area contributed by atoms with Crippen molar-refractivity contribution in [2.75, 3.05) is 6.54 Å². The normalized spacial score (nSPS) is 12.9. The number of hydrogen-bond donors (Lipinski definition) is 1. The molecule has 0 saturated heterocycles. The van der Waals surface area contributed by atoms with Gasteiger partial charge in [0.15, 0.2) is 0 Å². The number of thiazole rings is 2. The van der Waals surface area contributed by atoms with Gasteiger partial charge >= 0.3 is 0 Å². The molecule has 86 valence electrons. The van der Waals surface area contributed by atoms with Crippen LogP contribution in [0.3, 0.4) is 0 Å². The van der Waals surface area contributed by atoms with Gasteiger partial charge in [-0.25, -0.2) is 9.97 Å². The van der Waals surface area contributed by atoms with Crippen molar-refractivity contribution in [3.8, 4) is 0 Å². The van der Waals surface area contributed by atoms with Crippen molar-refractivity contribution in [1.29, 1.82) is 0 Å². The first-order valence-electron chi connectivity index (χ1n) is 4.98. The third-order valence-electron chi connectivity index (χ3n) is 2.14. The Bertz CT molecular complexity index is 427. The highest BCUT2D eigenvalue weighted by Gasteiger charge is 2.08. The van der Waals surface area contributed by atoms with Crippen molar-refractivity contribution in [1.82, 2.24) is 15.3 Å². The average Bonchev–Trinajstić information content (AvgIpc) is 2.89. The fraction of sp³-hybridized carbons (Fsp3) is 0.400. The molecule has 16 heavy (non-hydrogen) atoms. The molecule has 1 unspecified atom stereocenters. The van der Waals surface area contributed by atoms with E-state index < -0.39 is 0 Å². The third kappa shape index (κ3) is 3.35. The van der Waals surface area contributed by atoms with Crippen molar-refractivity contribution in [3.63, 3.8) is 0 Å². The second-order valence-electron chi connectivity index (χ2n) is 3.35. The predicted molar refractivity (Wildman–Crippen MR) is 72.0 cm³/mol. The molecule has 0 aliphatic rings. The Hall–Kier alpha value is -0.300. The molecular formula is C10H12BrN3S2. The summed E-state index contributed by atoms with van der Waals surface area (Å²) in [6.45, 7) is 3.07. The summed E-state index contributed by atoms with van der Waals surface area (Å²) in [6.07, 6.45) is 4.68. The molecule has 6 heteroatoms. The fourth-order valence-corrected chi connectivity index (χ4v) is 3.22. The van der Waals surface area contributed by atoms with E-state index in [9.17, 15) is 0 Å². The summed E-state index contributed by atoms with van der Waals surface area (Å²) in [7, 11) is 0. The van der Waals surface area contributed by atoms with E-state index in [4.69, 9.17) is 0 Å². The van der Waals surface area contributed by atoms with Crippen molar-refractivity contribution in [3.05, 3.63) is 31.6 Å². The van der Waals surface area contributed by atoms with Crippen LogP contribution in [-0.4, -0.2) is 16.5 Å². The average molecular weight is 318 g/mol. The highest BCUT2D eigenvalue weighted by molar-refractivity contribution is 9.11. The molecule has 0 spiro atoms. The van der Waals surface area contributed by atoms with Crippen LogP contribution in [0.2, 0.25) is 0 Å². The summed E-state index contributed by atoms with van der Waals surface area (Å²) in [6, 6.07) is 0.302. The van der Waals surface area contributed by atoms with Crippen LogP contribution in [0.25, 0.3) is 0 Å². The maximum atomic E-state index is 4.33. The number of hydrogen-bond acceptors (Lipinski definition) is 5. The van der Waals surface area contributed by atoms with Gasteiger partial charge in [0, 0.05) is 24.5 Å². The maximum Gasteiger partial charge on any atom is 0.110 e. The SMILES string of the molecule is CC(NCCc1nccs1)c1ncc(Br)s1. The van der Waals surface area contributed by atoms with E-state index in [-0.39, 0.29) is 0 Å². The summed E-state index contributed by atoms with van der Waals surface area (Å²) < 4.78 is 1.08. The van der Waals surface area contributed by atoms with Crippen LogP contribution in [0.15, 0.2) is 21.6 Å². The van der Waals surface area contributed by atoms with Crippen LogP contribution < -0.4 is 5.32 Å². The summed E-state index contributed by atoms with van der Waals surface area (Å²) in [5.74, 6) is 0. The topological polar surface area (TPSA) is 37.8 Å². The molecule has 0 bridgehead atoms. The monoisotopic (exact) mass is 317 g/mol. The molecule has 0 saturated carbocycles. The molecule has 2 aromatic rings. The predicted octanol–water partition coefficient (Wildman–Crippen LogP) is 3.26. The third-order valence-corrected chi connectivity index (χ3v) is 4.64. The van der Waals surface area contributed by atoms with Gasteiger partial charge in [0.05, 0.1) is 21.0 Å². The Kier molecular flexibility index (Phi) is 4.45. The number of aromatic nitrogens is 2. The van der Waals surface area contributed by atoms with Gasteiger partial charge in [-0.1, -0.05) is 0 Å². The summed E-state index contributed by atoms with van der Waals surface area (Å²) >= 11 is 6.80. The first kappa shape index (κ1) is 12.2. The van der Waals surface area contributed by atoms with Gasteiger partial charge < -0.3 is 5.32 Å². The summed E-state index contributed by atoms with van der Waals surface area (Å²) in [5, 5.41) is 7.75. The highest BCUT2D eigenvalue weighted by atomic mass is 79.9. The molecule has 0 aliphatic carbocycles. The van der Waals surface area contributed by atoms with Crippen LogP contribution in [0.4, 0.5) is 0 Å². The van der Waals surface area contributed by atoms with E-state index in [1.165, 1.54) is 5.01 Å². The lowest BCUT2D eigenvalue weighted by atomic mass is 10.3. The second kappa shape index (κ2) is 5.86. The van der Waals surface area contributed by atoms with Gasteiger partial charge in [-0.2, -0.15) is 0 Å². The molecule has 3 nitrogen and oxygen atoms in total. The fourth-order valence-electron chi connectivity index (χ4n) is 1.33. The van der Waals surface area contributed by atoms with Crippen molar-refractivity contribution >= 4 is 38.6 Å². The van der Waals surface area contributed by atoms with E-state index in [2.05, 4.69) is 38.1 Å². The van der Waals surface area contributed by atoms with Gasteiger partial charge in [0.1, 0.15) is 5.01 Å². The van der Waals surface area contributed by atoms with Gasteiger partial charge in [-0.3, -0.25) is 0 Å². The number of nitrogens with zero attached hydrogens (tertiary/aromatic N) is 2. The van der Waals surface area contributed by atoms with Crippen LogP contribution in [-0.2, 0) is 6.42 Å². The summed E-state index contributed by atoms with van der Waals surface area (Å²) in [4.78, 5) is 8.58. The van der Waals surface area contributed by atoms with Crippen molar-refractivity contribution in [2.24, 2.45) is 0 Å². The molecule has 2 rings (SSSR count). The summed E-state index contributed by atoms with van der Waals surface area (Å²) in [5.41, 5.74) is 0. The Morgan fingerprint density at radius 1 is 1.50 bits per heavy atom. The largest absolute Gasteiger partial charge is 0.308 e. The molecule has 0 aromatic carbocycles. The van der Waals surface area contributed by atoms with E-state index >= 15 is 0 Å². The smallest absolute Gasteiger partial charge is 0.110 e. The van der Waals surface area contributed by atoms with Gasteiger partial charge in [-0.05, 0) is 22.9 Å². The highest BCUT2D eigenvalue weighted by Crippen LogP contribution is 2.23. The standard InChI is InChI=1S/C10H12BrN3S2/c1-7(10-14-6-8(11)16-10)12-3-2-9-13-4-5-15-9/h4-7,12H,2-3H2,1H3. The quantitative estimate of drug-likeness (QED) is 0.919. The van der Waals surface area contributed by atoms with E-state index in [1.54, 1.807) is 22.7 Å². The van der Waals surface area contributed by atoms with Gasteiger partial charge in [-0.15, -0.1) is 22.7 Å². The van der Waals surface area contributed by atoms with Crippen LogP contribution in [0.5, 0.6) is 0 Å². The second-order valence-corrected chi connectivity index (χ2v) is 6.77. The molecule has 1 atom stereocenters. The molecule has 0 fully saturated rings. The Morgan fingerprint density at radius 2 is 2.38 bits per heavy atom. The van der Waals surface area contributed by atoms with Crippen molar-refractivity contribution in [2.45, 2.75) is 19.4 Å². The lowest BCUT2D eigenvalue weighted by Gasteiger charge is -2.09. The van der Waals surface area contributed by atoms with E-state index in [1.807, 2.05) is 17.8 Å². The Morgan fingerprint density at radius 3 is 3.00 bits per heavy atom. The van der Waals surface area contributed by atoms with Gasteiger partial charge in [0.2, 0.25) is 0 Å². The van der Waals surface area contributed by atoms with Crippen molar-refractivity contribution < 1.29 is 0 Å². The zero-order chi connectivity index (χ0) is 11.4. The maximum absolute atomic E-state index is 4.33. The minimum absolute atomic E-state index is 0.302. The lowest BCUT2D eigenvalue weighted by molar-refractivity contribution is 0.573. The lowest BCUT2D eigenvalue weighted by Crippen LogP contribution is -2.21. The number of rotatable bonds is 5. The number of halogens is 1. The van der Waals surface area contributed by atoms with E-state index in [0.29, 0.717) is 6.04 Å². The van der Waals surface area contributed by atoms with Crippen LogP contribution >= 0.6 is 38.6 Å². The molecule has 0 amide bonds. The molecule has 0 radical (unpaired) electrons. The molecular weight excluding hydrogens is 306 g/mol. The number of nitrogens with one attached hydrogen (secondary N) is 1. The molecule has 2 aromatic heterocycles. The molecule has 1 N–H and O–H groups in total. The Balaban J connectivity index is 1.78. The van der Waals surface area contributed by atoms with Crippen LogP contribution in [0, 0.1) is 0 Å².